The Morgan fingerprint density at radius 3 is 2.65 bits per heavy atom. The number of methoxy groups -OCH3 is 1. The Hall–Kier alpha value is -2.30. The summed E-state index contributed by atoms with van der Waals surface area (Å²) in [5.41, 5.74) is 1.09. The number of hydrogen-bond acceptors (Lipinski definition) is 3. The maximum atomic E-state index is 12.4. The number of ether oxygens (including phenoxy) is 1. The molecular formula is C15H18N2O3. The van der Waals surface area contributed by atoms with Crippen LogP contribution in [0.5, 0.6) is 5.75 Å². The van der Waals surface area contributed by atoms with Crippen LogP contribution >= 0.6 is 0 Å². The van der Waals surface area contributed by atoms with Crippen molar-refractivity contribution in [3.05, 3.63) is 36.4 Å². The van der Waals surface area contributed by atoms with Crippen LogP contribution in [0.25, 0.3) is 0 Å². The third-order valence-electron chi connectivity index (χ3n) is 3.28. The second-order valence-corrected chi connectivity index (χ2v) is 4.61. The Kier molecular flexibility index (Phi) is 4.40. The van der Waals surface area contributed by atoms with Gasteiger partial charge in [0.2, 0.25) is 5.91 Å². The van der Waals surface area contributed by atoms with Gasteiger partial charge in [-0.3, -0.25) is 9.59 Å². The van der Waals surface area contributed by atoms with E-state index in [1.165, 1.54) is 13.2 Å². The summed E-state index contributed by atoms with van der Waals surface area (Å²) in [7, 11) is 1.51. The summed E-state index contributed by atoms with van der Waals surface area (Å²) in [5, 5.41) is 2.64. The van der Waals surface area contributed by atoms with E-state index in [9.17, 15) is 9.59 Å². The zero-order chi connectivity index (χ0) is 14.5. The van der Waals surface area contributed by atoms with Crippen LogP contribution in [0.15, 0.2) is 30.9 Å². The molecule has 1 fully saturated rings. The fourth-order valence-corrected chi connectivity index (χ4v) is 2.23. The average molecular weight is 274 g/mol. The van der Waals surface area contributed by atoms with Gasteiger partial charge >= 0.3 is 0 Å². The first-order chi connectivity index (χ1) is 9.65. The van der Waals surface area contributed by atoms with Gasteiger partial charge in [-0.05, 0) is 31.1 Å². The van der Waals surface area contributed by atoms with Gasteiger partial charge < -0.3 is 15.0 Å². The molecular weight excluding hydrogens is 256 g/mol. The SMILES string of the molecule is C=CC(=O)Nc1ccc(C(=O)N2CCCC2)c(OC)c1. The van der Waals surface area contributed by atoms with Crippen LogP contribution in [0.3, 0.4) is 0 Å². The van der Waals surface area contributed by atoms with Crippen LogP contribution in [0.4, 0.5) is 5.69 Å². The number of anilines is 1. The minimum Gasteiger partial charge on any atom is -0.496 e. The molecule has 106 valence electrons. The molecule has 5 heteroatoms. The van der Waals surface area contributed by atoms with Crippen molar-refractivity contribution >= 4 is 17.5 Å². The first-order valence-corrected chi connectivity index (χ1v) is 6.56. The number of nitrogens with one attached hydrogen (secondary N) is 1. The van der Waals surface area contributed by atoms with Gasteiger partial charge in [0.25, 0.3) is 5.91 Å². The summed E-state index contributed by atoms with van der Waals surface area (Å²) in [5.74, 6) is 0.135. The van der Waals surface area contributed by atoms with Crippen molar-refractivity contribution in [1.29, 1.82) is 0 Å². The summed E-state index contributed by atoms with van der Waals surface area (Å²) in [6.07, 6.45) is 3.28. The van der Waals surface area contributed by atoms with Gasteiger partial charge in [0.1, 0.15) is 5.75 Å². The number of amides is 2. The molecule has 1 aliphatic rings. The van der Waals surface area contributed by atoms with Crippen molar-refractivity contribution in [2.24, 2.45) is 0 Å². The molecule has 0 atom stereocenters. The van der Waals surface area contributed by atoms with Gasteiger partial charge in [-0.25, -0.2) is 0 Å². The average Bonchev–Trinajstić information content (AvgIpc) is 3.00. The molecule has 0 aromatic heterocycles. The summed E-state index contributed by atoms with van der Waals surface area (Å²) in [6, 6.07) is 5.01. The molecule has 0 bridgehead atoms. The molecule has 1 aliphatic heterocycles. The Labute approximate surface area is 118 Å². The highest BCUT2D eigenvalue weighted by atomic mass is 16.5. The lowest BCUT2D eigenvalue weighted by atomic mass is 10.1. The molecule has 5 nitrogen and oxygen atoms in total. The normalized spacial score (nSPS) is 13.9. The third-order valence-corrected chi connectivity index (χ3v) is 3.28. The Morgan fingerprint density at radius 1 is 1.35 bits per heavy atom. The Bertz CT molecular complexity index is 534. The van der Waals surface area contributed by atoms with Gasteiger partial charge in [-0.2, -0.15) is 0 Å². The van der Waals surface area contributed by atoms with Crippen molar-refractivity contribution in [3.8, 4) is 5.75 Å². The van der Waals surface area contributed by atoms with Crippen LogP contribution in [-0.2, 0) is 4.79 Å². The number of hydrogen-bond donors (Lipinski definition) is 1. The van der Waals surface area contributed by atoms with Crippen molar-refractivity contribution < 1.29 is 14.3 Å². The Morgan fingerprint density at radius 2 is 2.05 bits per heavy atom. The second-order valence-electron chi connectivity index (χ2n) is 4.61. The number of benzene rings is 1. The molecule has 0 aliphatic carbocycles. The Balaban J connectivity index is 2.23. The summed E-state index contributed by atoms with van der Waals surface area (Å²) in [6.45, 7) is 4.97. The minimum atomic E-state index is -0.300. The highest BCUT2D eigenvalue weighted by Crippen LogP contribution is 2.25. The van der Waals surface area contributed by atoms with E-state index in [1.807, 2.05) is 4.90 Å². The molecule has 1 heterocycles. The molecule has 0 saturated carbocycles. The fourth-order valence-electron chi connectivity index (χ4n) is 2.23. The number of nitrogens with zero attached hydrogens (tertiary/aromatic N) is 1. The highest BCUT2D eigenvalue weighted by molar-refractivity contribution is 6.01. The number of likely N-dealkylation sites (tertiary alicyclic amines) is 1. The number of carbonyl (C=O) groups excluding carboxylic acids is 2. The van der Waals surface area contributed by atoms with E-state index < -0.39 is 0 Å². The third kappa shape index (κ3) is 2.99. The zero-order valence-corrected chi connectivity index (χ0v) is 11.5. The lowest BCUT2D eigenvalue weighted by Crippen LogP contribution is -2.28. The van der Waals surface area contributed by atoms with Crippen LogP contribution in [-0.4, -0.2) is 36.9 Å². The smallest absolute Gasteiger partial charge is 0.257 e. The quantitative estimate of drug-likeness (QED) is 0.855. The molecule has 2 rings (SSSR count). The number of rotatable bonds is 4. The predicted molar refractivity (Wildman–Crippen MR) is 77.0 cm³/mol. The van der Waals surface area contributed by atoms with Crippen molar-refractivity contribution in [3.63, 3.8) is 0 Å². The van der Waals surface area contributed by atoms with E-state index in [0.717, 1.165) is 25.9 Å². The van der Waals surface area contributed by atoms with Crippen LogP contribution in [0, 0.1) is 0 Å². The van der Waals surface area contributed by atoms with Crippen molar-refractivity contribution in [1.82, 2.24) is 4.90 Å². The maximum absolute atomic E-state index is 12.4. The van der Waals surface area contributed by atoms with E-state index >= 15 is 0 Å². The molecule has 1 N–H and O–H groups in total. The van der Waals surface area contributed by atoms with E-state index in [4.69, 9.17) is 4.74 Å². The topological polar surface area (TPSA) is 58.6 Å². The molecule has 0 spiro atoms. The lowest BCUT2D eigenvalue weighted by Gasteiger charge is -2.17. The predicted octanol–water partition coefficient (Wildman–Crippen LogP) is 2.06. The highest BCUT2D eigenvalue weighted by Gasteiger charge is 2.22. The van der Waals surface area contributed by atoms with Crippen LogP contribution < -0.4 is 10.1 Å². The lowest BCUT2D eigenvalue weighted by molar-refractivity contribution is -0.111. The fraction of sp³-hybridized carbons (Fsp3) is 0.333. The van der Waals surface area contributed by atoms with Gasteiger partial charge in [0, 0.05) is 24.8 Å². The van der Waals surface area contributed by atoms with Gasteiger partial charge in [0.05, 0.1) is 12.7 Å². The molecule has 1 aromatic rings. The van der Waals surface area contributed by atoms with Crippen LogP contribution in [0.2, 0.25) is 0 Å². The molecule has 2 amide bonds. The zero-order valence-electron chi connectivity index (χ0n) is 11.5. The minimum absolute atomic E-state index is 0.0269. The van der Waals surface area contributed by atoms with Crippen molar-refractivity contribution in [2.45, 2.75) is 12.8 Å². The molecule has 20 heavy (non-hydrogen) atoms. The van der Waals surface area contributed by atoms with E-state index in [1.54, 1.807) is 18.2 Å². The molecule has 1 saturated heterocycles. The first-order valence-electron chi connectivity index (χ1n) is 6.56. The summed E-state index contributed by atoms with van der Waals surface area (Å²) >= 11 is 0. The molecule has 0 radical (unpaired) electrons. The molecule has 0 unspecified atom stereocenters. The maximum Gasteiger partial charge on any atom is 0.257 e. The van der Waals surface area contributed by atoms with Gasteiger partial charge in [0.15, 0.2) is 0 Å². The van der Waals surface area contributed by atoms with Crippen molar-refractivity contribution in [2.75, 3.05) is 25.5 Å². The van der Waals surface area contributed by atoms with Crippen LogP contribution in [0.1, 0.15) is 23.2 Å². The summed E-state index contributed by atoms with van der Waals surface area (Å²) in [4.78, 5) is 25.4. The monoisotopic (exact) mass is 274 g/mol. The molecule has 1 aromatic carbocycles. The van der Waals surface area contributed by atoms with Gasteiger partial charge in [-0.1, -0.05) is 6.58 Å². The largest absolute Gasteiger partial charge is 0.496 e. The second kappa shape index (κ2) is 6.23. The van der Waals surface area contributed by atoms with E-state index in [-0.39, 0.29) is 11.8 Å². The van der Waals surface area contributed by atoms with E-state index in [2.05, 4.69) is 11.9 Å². The summed E-state index contributed by atoms with van der Waals surface area (Å²) < 4.78 is 5.26. The number of carbonyl (C=O) groups is 2. The van der Waals surface area contributed by atoms with Gasteiger partial charge in [-0.15, -0.1) is 0 Å². The van der Waals surface area contributed by atoms with E-state index in [0.29, 0.717) is 17.0 Å². The first kappa shape index (κ1) is 14.1. The standard InChI is InChI=1S/C15H18N2O3/c1-3-14(18)16-11-6-7-12(13(10-11)20-2)15(19)17-8-4-5-9-17/h3,6-7,10H,1,4-5,8-9H2,2H3,(H,16,18).